The van der Waals surface area contributed by atoms with E-state index in [1.165, 1.54) is 398 Å². The van der Waals surface area contributed by atoms with Crippen molar-refractivity contribution in [3.05, 3.63) is 0 Å². The predicted molar refractivity (Wildman–Crippen MR) is 309 cm³/mol. The number of rotatable bonds is 4. The SMILES string of the molecule is C1CCCCCCC1.C1CCCCCCCCCCC1.C1CCCCCCCCCCCCC1.CC1CCCCCCCCCCCCCCC1.CCCCCC1(C)CCCCCCCCC1. The average molecular weight is 940 g/mol. The molecule has 402 valence electrons. The highest BCUT2D eigenvalue weighted by Crippen LogP contribution is 2.37. The Hall–Kier alpha value is 0. The van der Waals surface area contributed by atoms with E-state index in [1.54, 1.807) is 0 Å². The highest BCUT2D eigenvalue weighted by Gasteiger charge is 2.23. The van der Waals surface area contributed by atoms with Gasteiger partial charge in [0.15, 0.2) is 0 Å². The summed E-state index contributed by atoms with van der Waals surface area (Å²) in [6.07, 6.45) is 92.6. The molecule has 0 aliphatic heterocycles. The van der Waals surface area contributed by atoms with E-state index in [0.29, 0.717) is 5.41 Å². The summed E-state index contributed by atoms with van der Waals surface area (Å²) in [4.78, 5) is 0. The molecule has 5 saturated carbocycles. The van der Waals surface area contributed by atoms with Crippen LogP contribution >= 0.6 is 0 Å². The Morgan fingerprint density at radius 2 is 0.403 bits per heavy atom. The van der Waals surface area contributed by atoms with Gasteiger partial charge in [-0.15, -0.1) is 0 Å². The third-order valence-electron chi connectivity index (χ3n) is 17.3. The number of unbranched alkanes of at least 4 members (excludes halogenated alkanes) is 2. The van der Waals surface area contributed by atoms with E-state index in [1.807, 2.05) is 0 Å². The summed E-state index contributed by atoms with van der Waals surface area (Å²) in [7, 11) is 0. The van der Waals surface area contributed by atoms with Crippen LogP contribution in [0, 0.1) is 11.3 Å². The molecule has 0 unspecified atom stereocenters. The summed E-state index contributed by atoms with van der Waals surface area (Å²) in [5, 5.41) is 0. The molecule has 67 heavy (non-hydrogen) atoms. The second kappa shape index (κ2) is 55.3. The van der Waals surface area contributed by atoms with E-state index < -0.39 is 0 Å². The van der Waals surface area contributed by atoms with Gasteiger partial charge in [-0.25, -0.2) is 0 Å². The van der Waals surface area contributed by atoms with Crippen molar-refractivity contribution < 1.29 is 0 Å². The molecule has 0 heterocycles. The van der Waals surface area contributed by atoms with E-state index in [9.17, 15) is 0 Å². The van der Waals surface area contributed by atoms with E-state index in [4.69, 9.17) is 0 Å². The lowest BCUT2D eigenvalue weighted by Crippen LogP contribution is -2.17. The zero-order valence-corrected chi connectivity index (χ0v) is 47.9. The lowest BCUT2D eigenvalue weighted by molar-refractivity contribution is 0.219. The number of hydrogen-bond donors (Lipinski definition) is 0. The van der Waals surface area contributed by atoms with Crippen LogP contribution in [-0.2, 0) is 0 Å². The van der Waals surface area contributed by atoms with E-state index in [2.05, 4.69) is 20.8 Å². The molecule has 0 N–H and O–H groups in total. The van der Waals surface area contributed by atoms with Gasteiger partial charge in [0.05, 0.1) is 0 Å². The first kappa shape index (κ1) is 65.0. The van der Waals surface area contributed by atoms with Gasteiger partial charge in [0.25, 0.3) is 0 Å². The van der Waals surface area contributed by atoms with Gasteiger partial charge >= 0.3 is 0 Å². The van der Waals surface area contributed by atoms with Crippen molar-refractivity contribution in [2.75, 3.05) is 0 Å². The smallest absolute Gasteiger partial charge is 0.0326 e. The van der Waals surface area contributed by atoms with Crippen LogP contribution in [0.5, 0.6) is 0 Å². The molecule has 0 bridgehead atoms. The van der Waals surface area contributed by atoms with Crippen LogP contribution in [0.15, 0.2) is 0 Å². The Bertz CT molecular complexity index is 719. The molecule has 0 amide bonds. The first-order chi connectivity index (χ1) is 33.2. The quantitative estimate of drug-likeness (QED) is 0.246. The molecular weight excluding hydrogens is 805 g/mol. The predicted octanol–water partition coefficient (Wildman–Crippen LogP) is 25.8. The highest BCUT2D eigenvalue weighted by atomic mass is 14.3. The first-order valence-corrected chi connectivity index (χ1v) is 33.2. The molecule has 0 aromatic rings. The lowest BCUT2D eigenvalue weighted by atomic mass is 9.75. The fourth-order valence-electron chi connectivity index (χ4n) is 12.2. The molecule has 0 spiro atoms. The third kappa shape index (κ3) is 52.1. The maximum atomic E-state index is 2.56. The van der Waals surface area contributed by atoms with Gasteiger partial charge in [0, 0.05) is 0 Å². The van der Waals surface area contributed by atoms with E-state index in [0.717, 1.165) is 5.92 Å². The van der Waals surface area contributed by atoms with Crippen LogP contribution in [0.2, 0.25) is 0 Å². The van der Waals surface area contributed by atoms with Gasteiger partial charge in [0.2, 0.25) is 0 Å². The summed E-state index contributed by atoms with van der Waals surface area (Å²) >= 11 is 0. The normalized spacial score (nSPS) is 23.9. The fourth-order valence-corrected chi connectivity index (χ4v) is 12.2. The highest BCUT2D eigenvalue weighted by molar-refractivity contribution is 4.75. The lowest BCUT2D eigenvalue weighted by Gasteiger charge is -2.31. The van der Waals surface area contributed by atoms with Crippen molar-refractivity contribution >= 4 is 0 Å². The summed E-state index contributed by atoms with van der Waals surface area (Å²) in [5.41, 5.74) is 0.687. The molecule has 5 aliphatic carbocycles. The second-order valence-electron chi connectivity index (χ2n) is 24.5. The molecule has 0 atom stereocenters. The Balaban J connectivity index is 0.000000426. The van der Waals surface area contributed by atoms with Gasteiger partial charge in [-0.05, 0) is 30.6 Å². The monoisotopic (exact) mass is 939 g/mol. The first-order valence-electron chi connectivity index (χ1n) is 33.2. The average Bonchev–Trinajstić information content (AvgIpc) is 3.31. The van der Waals surface area contributed by atoms with Gasteiger partial charge < -0.3 is 0 Å². The molecule has 0 heteroatoms. The Morgan fingerprint density at radius 3 is 0.582 bits per heavy atom. The minimum Gasteiger partial charge on any atom is -0.0654 e. The topological polar surface area (TPSA) is 0 Å². The standard InChI is InChI=1S/C17H34.C16H32.C14H28.C12H24.C8H16/c1-17-15-13-11-9-7-5-3-2-4-6-8-10-12-14-16-17;1-3-4-10-13-16(2)14-11-8-6-5-7-9-12-15-16;1-2-4-6-8-10-12-14-13-11-9-7-5-3-1;1-2-4-6-8-10-12-11-9-7-5-3-1;1-2-4-6-8-7-5-3-1/h17H,2-16H2,1H3;3-15H2,1-2H3;1-14H2;1-12H2;1-8H2. The van der Waals surface area contributed by atoms with Crippen LogP contribution in [0.1, 0.15) is 419 Å². The molecule has 5 rings (SSSR count). The van der Waals surface area contributed by atoms with Crippen molar-refractivity contribution in [1.82, 2.24) is 0 Å². The third-order valence-corrected chi connectivity index (χ3v) is 17.3. The van der Waals surface area contributed by atoms with Crippen LogP contribution in [0.3, 0.4) is 0 Å². The van der Waals surface area contributed by atoms with Crippen LogP contribution in [0.25, 0.3) is 0 Å². The zero-order chi connectivity index (χ0) is 47.9. The Morgan fingerprint density at radius 1 is 0.239 bits per heavy atom. The Kier molecular flexibility index (Phi) is 53.7. The van der Waals surface area contributed by atoms with Gasteiger partial charge in [-0.1, -0.05) is 400 Å². The van der Waals surface area contributed by atoms with Gasteiger partial charge in [-0.3, -0.25) is 0 Å². The van der Waals surface area contributed by atoms with E-state index >= 15 is 0 Å². The van der Waals surface area contributed by atoms with Crippen LogP contribution in [0.4, 0.5) is 0 Å². The van der Waals surface area contributed by atoms with Crippen LogP contribution in [-0.4, -0.2) is 0 Å². The van der Waals surface area contributed by atoms with Crippen molar-refractivity contribution in [3.8, 4) is 0 Å². The largest absolute Gasteiger partial charge is 0.0654 e. The zero-order valence-electron chi connectivity index (χ0n) is 47.9. The molecule has 0 aromatic heterocycles. The molecule has 0 saturated heterocycles. The summed E-state index contributed by atoms with van der Waals surface area (Å²) in [6.45, 7) is 7.34. The minimum absolute atomic E-state index is 0.687. The number of hydrogen-bond acceptors (Lipinski definition) is 0. The van der Waals surface area contributed by atoms with Crippen molar-refractivity contribution in [2.45, 2.75) is 419 Å². The summed E-state index contributed by atoms with van der Waals surface area (Å²) in [6, 6.07) is 0. The van der Waals surface area contributed by atoms with Crippen LogP contribution < -0.4 is 0 Å². The van der Waals surface area contributed by atoms with Crippen molar-refractivity contribution in [2.24, 2.45) is 11.3 Å². The maximum absolute atomic E-state index is 2.56. The second-order valence-corrected chi connectivity index (χ2v) is 24.5. The molecule has 0 radical (unpaired) electrons. The molecule has 5 aliphatic rings. The van der Waals surface area contributed by atoms with Gasteiger partial charge in [-0.2, -0.15) is 0 Å². The summed E-state index contributed by atoms with van der Waals surface area (Å²) in [5.74, 6) is 0.989. The molecular formula is C67H134. The Labute approximate surface area is 428 Å². The van der Waals surface area contributed by atoms with Crippen molar-refractivity contribution in [3.63, 3.8) is 0 Å². The van der Waals surface area contributed by atoms with E-state index in [-0.39, 0.29) is 0 Å². The minimum atomic E-state index is 0.687. The fraction of sp³-hybridized carbons (Fsp3) is 1.00. The molecule has 0 aromatic carbocycles. The summed E-state index contributed by atoms with van der Waals surface area (Å²) < 4.78 is 0. The molecule has 0 nitrogen and oxygen atoms in total. The van der Waals surface area contributed by atoms with Crippen molar-refractivity contribution in [1.29, 1.82) is 0 Å². The maximum Gasteiger partial charge on any atom is -0.0326 e. The molecule has 5 fully saturated rings. The van der Waals surface area contributed by atoms with Gasteiger partial charge in [0.1, 0.15) is 0 Å².